The van der Waals surface area contributed by atoms with Crippen molar-refractivity contribution in [2.75, 3.05) is 5.33 Å². The molecule has 2 heteroatoms. The van der Waals surface area contributed by atoms with Gasteiger partial charge in [0.25, 0.3) is 0 Å². The van der Waals surface area contributed by atoms with Crippen LogP contribution >= 0.6 is 27.3 Å². The summed E-state index contributed by atoms with van der Waals surface area (Å²) in [5, 5.41) is 3.22. The lowest BCUT2D eigenvalue weighted by molar-refractivity contribution is 0.903. The van der Waals surface area contributed by atoms with Crippen molar-refractivity contribution < 1.29 is 0 Å². The van der Waals surface area contributed by atoms with Crippen molar-refractivity contribution in [3.05, 3.63) is 21.9 Å². The summed E-state index contributed by atoms with van der Waals surface area (Å²) in [6, 6.07) is 2.18. The molecule has 1 aromatic rings. The van der Waals surface area contributed by atoms with Gasteiger partial charge in [0.1, 0.15) is 0 Å². The monoisotopic (exact) mass is 218 g/mol. The highest BCUT2D eigenvalue weighted by Gasteiger charge is 2.06. The minimum atomic E-state index is 0.667. The maximum absolute atomic E-state index is 3.48. The number of hydrogen-bond donors (Lipinski definition) is 0. The van der Waals surface area contributed by atoms with Gasteiger partial charge in [-0.05, 0) is 23.9 Å². The van der Waals surface area contributed by atoms with E-state index in [9.17, 15) is 0 Å². The molecule has 0 saturated heterocycles. The molecule has 0 bridgehead atoms. The van der Waals surface area contributed by atoms with Crippen molar-refractivity contribution in [3.8, 4) is 0 Å². The Morgan fingerprint density at radius 1 is 1.70 bits per heavy atom. The standard InChI is InChI=1S/C8H11BrS/c1-6-3-4-10-8(6)7(2)5-9/h3-4,7H,5H2,1-2H3. The molecule has 0 saturated carbocycles. The summed E-state index contributed by atoms with van der Waals surface area (Å²) in [4.78, 5) is 1.51. The SMILES string of the molecule is Cc1ccsc1C(C)CBr. The average molecular weight is 219 g/mol. The zero-order chi connectivity index (χ0) is 7.56. The van der Waals surface area contributed by atoms with Gasteiger partial charge in [-0.1, -0.05) is 22.9 Å². The Bertz CT molecular complexity index is 205. The fourth-order valence-corrected chi connectivity index (χ4v) is 2.49. The molecule has 0 spiro atoms. The Kier molecular flexibility index (Phi) is 2.93. The van der Waals surface area contributed by atoms with Crippen LogP contribution in [0.25, 0.3) is 0 Å². The van der Waals surface area contributed by atoms with E-state index in [1.807, 2.05) is 11.3 Å². The fourth-order valence-electron chi connectivity index (χ4n) is 0.959. The average Bonchev–Trinajstić information content (AvgIpc) is 2.34. The molecule has 56 valence electrons. The molecule has 1 atom stereocenters. The normalized spacial score (nSPS) is 13.5. The Balaban J connectivity index is 2.82. The van der Waals surface area contributed by atoms with Crippen LogP contribution < -0.4 is 0 Å². The van der Waals surface area contributed by atoms with E-state index in [4.69, 9.17) is 0 Å². The maximum atomic E-state index is 3.48. The number of alkyl halides is 1. The second-order valence-corrected chi connectivity index (χ2v) is 4.12. The number of rotatable bonds is 2. The second-order valence-electron chi connectivity index (χ2n) is 2.52. The molecule has 1 unspecified atom stereocenters. The fraction of sp³-hybridized carbons (Fsp3) is 0.500. The van der Waals surface area contributed by atoms with Gasteiger partial charge in [-0.15, -0.1) is 11.3 Å². The van der Waals surface area contributed by atoms with Crippen molar-refractivity contribution in [2.24, 2.45) is 0 Å². The van der Waals surface area contributed by atoms with Gasteiger partial charge >= 0.3 is 0 Å². The first kappa shape index (κ1) is 8.28. The molecule has 10 heavy (non-hydrogen) atoms. The van der Waals surface area contributed by atoms with Gasteiger partial charge in [-0.25, -0.2) is 0 Å². The van der Waals surface area contributed by atoms with E-state index in [-0.39, 0.29) is 0 Å². The first-order chi connectivity index (χ1) is 4.75. The first-order valence-electron chi connectivity index (χ1n) is 3.35. The molecule has 1 heterocycles. The molecule has 1 aromatic heterocycles. The number of halogens is 1. The summed E-state index contributed by atoms with van der Waals surface area (Å²) < 4.78 is 0. The van der Waals surface area contributed by atoms with E-state index in [0.717, 1.165) is 5.33 Å². The van der Waals surface area contributed by atoms with E-state index in [1.54, 1.807) is 0 Å². The topological polar surface area (TPSA) is 0 Å². The van der Waals surface area contributed by atoms with Crippen LogP contribution in [0.15, 0.2) is 11.4 Å². The van der Waals surface area contributed by atoms with Crippen LogP contribution in [-0.4, -0.2) is 5.33 Å². The summed E-state index contributed by atoms with van der Waals surface area (Å²) in [6.07, 6.45) is 0. The van der Waals surface area contributed by atoms with Gasteiger partial charge < -0.3 is 0 Å². The summed E-state index contributed by atoms with van der Waals surface area (Å²) in [5.41, 5.74) is 1.43. The van der Waals surface area contributed by atoms with Gasteiger partial charge in [0.2, 0.25) is 0 Å². The summed E-state index contributed by atoms with van der Waals surface area (Å²) in [5.74, 6) is 0.667. The van der Waals surface area contributed by atoms with E-state index < -0.39 is 0 Å². The van der Waals surface area contributed by atoms with Crippen LogP contribution in [0.3, 0.4) is 0 Å². The zero-order valence-corrected chi connectivity index (χ0v) is 8.63. The predicted molar refractivity (Wildman–Crippen MR) is 51.3 cm³/mol. The van der Waals surface area contributed by atoms with Crippen LogP contribution in [0.2, 0.25) is 0 Å². The largest absolute Gasteiger partial charge is 0.148 e. The first-order valence-corrected chi connectivity index (χ1v) is 5.35. The van der Waals surface area contributed by atoms with Crippen molar-refractivity contribution in [1.29, 1.82) is 0 Å². The third kappa shape index (κ3) is 1.61. The van der Waals surface area contributed by atoms with Gasteiger partial charge in [-0.2, -0.15) is 0 Å². The summed E-state index contributed by atoms with van der Waals surface area (Å²) in [7, 11) is 0. The Labute approximate surface area is 74.4 Å². The van der Waals surface area contributed by atoms with Crippen molar-refractivity contribution in [2.45, 2.75) is 19.8 Å². The molecule has 1 rings (SSSR count). The van der Waals surface area contributed by atoms with Crippen molar-refractivity contribution in [1.82, 2.24) is 0 Å². The smallest absolute Gasteiger partial charge is 0.0111 e. The number of hydrogen-bond acceptors (Lipinski definition) is 1. The van der Waals surface area contributed by atoms with Gasteiger partial charge in [0.05, 0.1) is 0 Å². The van der Waals surface area contributed by atoms with Crippen molar-refractivity contribution in [3.63, 3.8) is 0 Å². The molecule has 0 aliphatic carbocycles. The quantitative estimate of drug-likeness (QED) is 0.667. The summed E-state index contributed by atoms with van der Waals surface area (Å²) in [6.45, 7) is 4.42. The van der Waals surface area contributed by atoms with E-state index >= 15 is 0 Å². The van der Waals surface area contributed by atoms with Crippen LogP contribution in [0.4, 0.5) is 0 Å². The van der Waals surface area contributed by atoms with Gasteiger partial charge in [-0.3, -0.25) is 0 Å². The van der Waals surface area contributed by atoms with Crippen LogP contribution in [0.1, 0.15) is 23.3 Å². The minimum Gasteiger partial charge on any atom is -0.148 e. The van der Waals surface area contributed by atoms with E-state index in [2.05, 4.69) is 41.2 Å². The zero-order valence-electron chi connectivity index (χ0n) is 6.23. The van der Waals surface area contributed by atoms with Gasteiger partial charge in [0.15, 0.2) is 0 Å². The Morgan fingerprint density at radius 3 is 2.80 bits per heavy atom. The Hall–Kier alpha value is 0.180. The molecule has 0 aromatic carbocycles. The lowest BCUT2D eigenvalue weighted by Gasteiger charge is -2.04. The maximum Gasteiger partial charge on any atom is 0.0111 e. The van der Waals surface area contributed by atoms with Crippen LogP contribution in [0.5, 0.6) is 0 Å². The minimum absolute atomic E-state index is 0.667. The lowest BCUT2D eigenvalue weighted by atomic mass is 10.1. The number of thiophene rings is 1. The molecule has 0 fully saturated rings. The third-order valence-electron chi connectivity index (χ3n) is 1.58. The molecule has 0 nitrogen and oxygen atoms in total. The third-order valence-corrected chi connectivity index (χ3v) is 3.80. The molecule has 0 aliphatic rings. The lowest BCUT2D eigenvalue weighted by Crippen LogP contribution is -1.91. The molecule has 0 amide bonds. The molecule has 0 radical (unpaired) electrons. The van der Waals surface area contributed by atoms with Crippen molar-refractivity contribution >= 4 is 27.3 Å². The van der Waals surface area contributed by atoms with Gasteiger partial charge in [0, 0.05) is 16.1 Å². The highest BCUT2D eigenvalue weighted by molar-refractivity contribution is 9.09. The molecule has 0 N–H and O–H groups in total. The highest BCUT2D eigenvalue weighted by atomic mass is 79.9. The van der Waals surface area contributed by atoms with E-state index in [0.29, 0.717) is 5.92 Å². The molecule has 0 aliphatic heterocycles. The Morgan fingerprint density at radius 2 is 2.40 bits per heavy atom. The second kappa shape index (κ2) is 3.54. The van der Waals surface area contributed by atoms with Crippen LogP contribution in [-0.2, 0) is 0 Å². The van der Waals surface area contributed by atoms with E-state index in [1.165, 1.54) is 10.4 Å². The predicted octanol–water partition coefficient (Wildman–Crippen LogP) is 3.55. The molecular weight excluding hydrogens is 208 g/mol. The van der Waals surface area contributed by atoms with Crippen LogP contribution in [0, 0.1) is 6.92 Å². The molecular formula is C8H11BrS. The summed E-state index contributed by atoms with van der Waals surface area (Å²) >= 11 is 5.33. The number of aryl methyl sites for hydroxylation is 1. The highest BCUT2D eigenvalue weighted by Crippen LogP contribution is 2.26.